The van der Waals surface area contributed by atoms with Gasteiger partial charge in [-0.25, -0.2) is 17.6 Å². The minimum Gasteiger partial charge on any atom is -0.505 e. The fraction of sp³-hybridized carbons (Fsp3) is 0.429. The van der Waals surface area contributed by atoms with Gasteiger partial charge in [-0.3, -0.25) is 4.90 Å². The third kappa shape index (κ3) is 4.48. The van der Waals surface area contributed by atoms with Crippen molar-refractivity contribution in [2.24, 2.45) is 0 Å². The number of fused-ring (bicyclic) bond motifs is 5. The minimum absolute atomic E-state index is 0.0947. The highest BCUT2D eigenvalue weighted by Crippen LogP contribution is 2.45. The van der Waals surface area contributed by atoms with Crippen molar-refractivity contribution in [1.82, 2.24) is 20.2 Å². The Hall–Kier alpha value is -4.14. The largest absolute Gasteiger partial charge is 0.505 e. The van der Waals surface area contributed by atoms with E-state index in [9.17, 15) is 9.50 Å². The summed E-state index contributed by atoms with van der Waals surface area (Å²) < 4.78 is 69.6. The number of phenolic OH excluding ortho intramolecular Hbond substituents is 1. The van der Waals surface area contributed by atoms with Gasteiger partial charge in [0.15, 0.2) is 17.4 Å². The maximum Gasteiger partial charge on any atom is 0.319 e. The molecule has 4 aromatic rings. The zero-order valence-electron chi connectivity index (χ0n) is 25.3. The van der Waals surface area contributed by atoms with Crippen LogP contribution in [0.1, 0.15) is 44.6 Å². The van der Waals surface area contributed by atoms with Crippen LogP contribution in [0.4, 0.5) is 23.4 Å². The van der Waals surface area contributed by atoms with E-state index in [0.717, 1.165) is 38.3 Å². The molecule has 4 fully saturated rings. The number of rotatable bonds is 5. The highest BCUT2D eigenvalue weighted by atomic mass is 19.1. The monoisotopic (exact) mass is 631 g/mol. The van der Waals surface area contributed by atoms with E-state index in [0.29, 0.717) is 37.3 Å². The molecule has 4 saturated heterocycles. The van der Waals surface area contributed by atoms with Crippen LogP contribution in [0.3, 0.4) is 0 Å². The summed E-state index contributed by atoms with van der Waals surface area (Å²) in [5.41, 5.74) is -1.94. The quantitative estimate of drug-likeness (QED) is 0.212. The van der Waals surface area contributed by atoms with Gasteiger partial charge in [-0.1, -0.05) is 18.1 Å². The van der Waals surface area contributed by atoms with Crippen molar-refractivity contribution in [2.45, 2.75) is 62.3 Å². The van der Waals surface area contributed by atoms with Crippen molar-refractivity contribution in [3.05, 3.63) is 53.3 Å². The number of phenols is 1. The molecule has 5 heterocycles. The van der Waals surface area contributed by atoms with E-state index in [1.54, 1.807) is 18.2 Å². The maximum absolute atomic E-state index is 16.9. The molecular weight excluding hydrogens is 598 g/mol. The zero-order valence-corrected chi connectivity index (χ0v) is 25.3. The zero-order chi connectivity index (χ0) is 32.0. The van der Waals surface area contributed by atoms with Crippen LogP contribution in [0.2, 0.25) is 0 Å². The molecule has 4 atom stereocenters. The molecule has 2 bridgehead atoms. The van der Waals surface area contributed by atoms with E-state index >= 15 is 13.2 Å². The summed E-state index contributed by atoms with van der Waals surface area (Å²) in [5.74, 6) is -1.37. The van der Waals surface area contributed by atoms with Crippen molar-refractivity contribution < 1.29 is 27.4 Å². The molecule has 0 unspecified atom stereocenters. The van der Waals surface area contributed by atoms with Crippen LogP contribution in [0.15, 0.2) is 30.3 Å². The first kappa shape index (κ1) is 29.3. The molecule has 0 amide bonds. The Balaban J connectivity index is 1.32. The molecular formula is C35H33F4N5O2. The Labute approximate surface area is 263 Å². The van der Waals surface area contributed by atoms with Gasteiger partial charge >= 0.3 is 6.01 Å². The lowest BCUT2D eigenvalue weighted by Crippen LogP contribution is -2.58. The van der Waals surface area contributed by atoms with Gasteiger partial charge in [0, 0.05) is 59.5 Å². The molecule has 8 rings (SSSR count). The maximum atomic E-state index is 16.9. The lowest BCUT2D eigenvalue weighted by atomic mass is 9.92. The second-order valence-electron chi connectivity index (χ2n) is 13.6. The Morgan fingerprint density at radius 3 is 2.78 bits per heavy atom. The van der Waals surface area contributed by atoms with Crippen molar-refractivity contribution in [2.75, 3.05) is 37.7 Å². The smallest absolute Gasteiger partial charge is 0.319 e. The van der Waals surface area contributed by atoms with Gasteiger partial charge in [0.1, 0.15) is 29.9 Å². The van der Waals surface area contributed by atoms with Gasteiger partial charge < -0.3 is 20.1 Å². The van der Waals surface area contributed by atoms with Crippen LogP contribution in [-0.4, -0.2) is 76.1 Å². The third-order valence-electron chi connectivity index (χ3n) is 10.4. The summed E-state index contributed by atoms with van der Waals surface area (Å²) in [6.07, 6.45) is 8.65. The molecule has 2 N–H and O–H groups in total. The predicted octanol–water partition coefficient (Wildman–Crippen LogP) is 5.84. The number of halogens is 4. The average molecular weight is 632 g/mol. The molecule has 4 aliphatic rings. The molecule has 7 nitrogen and oxygen atoms in total. The van der Waals surface area contributed by atoms with E-state index in [1.807, 2.05) is 4.90 Å². The number of aromatic hydroxyl groups is 1. The second kappa shape index (κ2) is 10.4. The fourth-order valence-electron chi connectivity index (χ4n) is 8.42. The van der Waals surface area contributed by atoms with Gasteiger partial charge in [0.05, 0.1) is 11.1 Å². The van der Waals surface area contributed by atoms with E-state index in [-0.39, 0.29) is 46.1 Å². The summed E-state index contributed by atoms with van der Waals surface area (Å²) in [6.45, 7) is 4.44. The lowest BCUT2D eigenvalue weighted by molar-refractivity contribution is 0.107. The number of anilines is 1. The molecule has 238 valence electrons. The number of hydrogen-bond donors (Lipinski definition) is 2. The van der Waals surface area contributed by atoms with E-state index in [4.69, 9.17) is 16.1 Å². The number of hydrogen-bond acceptors (Lipinski definition) is 7. The van der Waals surface area contributed by atoms with E-state index in [2.05, 4.69) is 28.0 Å². The number of nitrogens with one attached hydrogen (secondary N) is 1. The molecule has 0 saturated carbocycles. The second-order valence-corrected chi connectivity index (χ2v) is 13.6. The Kier molecular flexibility index (Phi) is 6.64. The van der Waals surface area contributed by atoms with Gasteiger partial charge in [-0.2, -0.15) is 9.97 Å². The molecule has 11 heteroatoms. The standard InChI is InChI=1S/C35H33F4N5O2/c1-3-19-6-4-7-20-12-25(45)29(38)28(26(19)20)27-24(37)13-23-31(30(27)39)40-33(46-18-35-9-5-11-44(35)15-21(36)14-35)41-32(23)43-16-22-8-10-34(2,17-43)42-22/h1,4,6-7,12-13,21-22,42,45H,5,8-11,14-18H2,2H3/t21-,22-,34+,35+/m1/s1. The summed E-state index contributed by atoms with van der Waals surface area (Å²) >= 11 is 0. The number of piperazine rings is 1. The van der Waals surface area contributed by atoms with Gasteiger partial charge in [-0.05, 0) is 62.7 Å². The van der Waals surface area contributed by atoms with Crippen LogP contribution in [0.5, 0.6) is 11.8 Å². The van der Waals surface area contributed by atoms with Crippen molar-refractivity contribution in [3.63, 3.8) is 0 Å². The van der Waals surface area contributed by atoms with Gasteiger partial charge in [-0.15, -0.1) is 6.42 Å². The molecule has 0 aliphatic carbocycles. The average Bonchev–Trinajstić information content (AvgIpc) is 3.65. The normalized spacial score (nSPS) is 27.4. The SMILES string of the molecule is C#Cc1cccc2cc(O)c(F)c(-c3c(F)cc4c(N5C[C@H]6CC[C@@](C)(C5)N6)nc(OC[C@@]56CCCN5C[C@H](F)C6)nc4c3F)c12. The number of aromatic nitrogens is 2. The van der Waals surface area contributed by atoms with Gasteiger partial charge in [0.25, 0.3) is 0 Å². The summed E-state index contributed by atoms with van der Waals surface area (Å²) in [5, 5.41) is 14.6. The van der Waals surface area contributed by atoms with E-state index in [1.165, 1.54) is 6.07 Å². The minimum atomic E-state index is -1.20. The van der Waals surface area contributed by atoms with Crippen LogP contribution in [-0.2, 0) is 0 Å². The summed E-state index contributed by atoms with van der Waals surface area (Å²) in [6, 6.07) is 7.09. The Bertz CT molecular complexity index is 1970. The number of nitrogens with zero attached hydrogens (tertiary/aromatic N) is 4. The molecule has 1 aromatic heterocycles. The molecule has 4 aliphatic heterocycles. The number of benzene rings is 3. The lowest BCUT2D eigenvalue weighted by Gasteiger charge is -2.40. The Morgan fingerprint density at radius 1 is 1.13 bits per heavy atom. The summed E-state index contributed by atoms with van der Waals surface area (Å²) in [7, 11) is 0. The first-order chi connectivity index (χ1) is 22.1. The Morgan fingerprint density at radius 2 is 1.98 bits per heavy atom. The highest BCUT2D eigenvalue weighted by molar-refractivity contribution is 6.04. The predicted molar refractivity (Wildman–Crippen MR) is 167 cm³/mol. The molecule has 3 aromatic carbocycles. The number of ether oxygens (including phenoxy) is 1. The first-order valence-electron chi connectivity index (χ1n) is 15.7. The van der Waals surface area contributed by atoms with Crippen molar-refractivity contribution >= 4 is 27.5 Å². The number of alkyl halides is 1. The highest BCUT2D eigenvalue weighted by Gasteiger charge is 2.49. The van der Waals surface area contributed by atoms with Crippen LogP contribution < -0.4 is 15.0 Å². The molecule has 0 spiro atoms. The first-order valence-corrected chi connectivity index (χ1v) is 15.7. The van der Waals surface area contributed by atoms with Crippen molar-refractivity contribution in [1.29, 1.82) is 0 Å². The van der Waals surface area contributed by atoms with Crippen molar-refractivity contribution in [3.8, 4) is 35.2 Å². The number of terminal acetylenes is 1. The van der Waals surface area contributed by atoms with Gasteiger partial charge in [0.2, 0.25) is 0 Å². The third-order valence-corrected chi connectivity index (χ3v) is 10.4. The molecule has 0 radical (unpaired) electrons. The topological polar surface area (TPSA) is 73.8 Å². The molecule has 46 heavy (non-hydrogen) atoms. The summed E-state index contributed by atoms with van der Waals surface area (Å²) in [4.78, 5) is 13.3. The van der Waals surface area contributed by atoms with E-state index < -0.39 is 46.0 Å². The van der Waals surface area contributed by atoms with Crippen LogP contribution in [0.25, 0.3) is 32.8 Å². The fourth-order valence-corrected chi connectivity index (χ4v) is 8.42. The van der Waals surface area contributed by atoms with Crippen LogP contribution in [0, 0.1) is 29.8 Å². The van der Waals surface area contributed by atoms with Crippen LogP contribution >= 0.6 is 0 Å².